The highest BCUT2D eigenvalue weighted by molar-refractivity contribution is 6.07. The van der Waals surface area contributed by atoms with E-state index in [-0.39, 0.29) is 35.5 Å². The maximum atomic E-state index is 13.2. The van der Waals surface area contributed by atoms with Crippen molar-refractivity contribution in [3.05, 3.63) is 12.2 Å². The molecule has 3 amide bonds. The molecule has 130 valence electrons. The monoisotopic (exact) mass is 321 g/mol. The first-order valence-corrected chi connectivity index (χ1v) is 8.61. The van der Waals surface area contributed by atoms with Crippen LogP contribution in [0, 0.1) is 5.92 Å². The van der Waals surface area contributed by atoms with Crippen LogP contribution in [0.2, 0.25) is 0 Å². The van der Waals surface area contributed by atoms with Gasteiger partial charge < -0.3 is 10.6 Å². The fraction of sp³-hybridized carbons (Fsp3) is 0.778. The van der Waals surface area contributed by atoms with Crippen LogP contribution in [0.4, 0.5) is 4.79 Å². The van der Waals surface area contributed by atoms with Gasteiger partial charge in [-0.1, -0.05) is 32.9 Å². The first-order chi connectivity index (χ1) is 10.5. The Bertz CT molecular complexity index is 546. The lowest BCUT2D eigenvalue weighted by Gasteiger charge is -2.56. The van der Waals surface area contributed by atoms with Gasteiger partial charge in [-0.15, -0.1) is 0 Å². The van der Waals surface area contributed by atoms with Gasteiger partial charge in [0.2, 0.25) is 0 Å². The molecule has 2 N–H and O–H groups in total. The lowest BCUT2D eigenvalue weighted by atomic mass is 9.61. The number of piperidine rings is 1. The van der Waals surface area contributed by atoms with Crippen LogP contribution in [0.5, 0.6) is 0 Å². The number of carbonyl (C=O) groups excluding carboxylic acids is 2. The minimum atomic E-state index is -0.826. The van der Waals surface area contributed by atoms with Gasteiger partial charge in [0.25, 0.3) is 5.91 Å². The summed E-state index contributed by atoms with van der Waals surface area (Å²) in [6.07, 6.45) is 2.42. The predicted molar refractivity (Wildman–Crippen MR) is 92.1 cm³/mol. The van der Waals surface area contributed by atoms with Crippen LogP contribution in [0.1, 0.15) is 60.8 Å². The molecule has 5 nitrogen and oxygen atoms in total. The van der Waals surface area contributed by atoms with Crippen molar-refractivity contribution >= 4 is 11.9 Å². The second kappa shape index (κ2) is 5.62. The minimum absolute atomic E-state index is 0.00574. The number of nitrogens with zero attached hydrogens (tertiary/aromatic N) is 1. The number of urea groups is 1. The van der Waals surface area contributed by atoms with Crippen LogP contribution in [-0.4, -0.2) is 40.0 Å². The van der Waals surface area contributed by atoms with Crippen LogP contribution in [0.15, 0.2) is 12.2 Å². The molecule has 0 aromatic heterocycles. The molecule has 0 aromatic carbocycles. The van der Waals surface area contributed by atoms with E-state index < -0.39 is 5.54 Å². The first kappa shape index (κ1) is 18.0. The van der Waals surface area contributed by atoms with E-state index in [4.69, 9.17) is 0 Å². The molecule has 2 fully saturated rings. The zero-order valence-electron chi connectivity index (χ0n) is 15.4. The van der Waals surface area contributed by atoms with Gasteiger partial charge in [-0.2, -0.15) is 0 Å². The van der Waals surface area contributed by atoms with Crippen molar-refractivity contribution in [1.29, 1.82) is 0 Å². The largest absolute Gasteiger partial charge is 0.325 e. The Morgan fingerprint density at radius 3 is 2.39 bits per heavy atom. The fourth-order valence-electron chi connectivity index (χ4n) is 4.23. The normalized spacial score (nSPS) is 40.6. The summed E-state index contributed by atoms with van der Waals surface area (Å²) in [5.41, 5.74) is -0.401. The zero-order chi connectivity index (χ0) is 17.6. The van der Waals surface area contributed by atoms with Gasteiger partial charge in [0, 0.05) is 17.0 Å². The molecule has 4 unspecified atom stereocenters. The van der Waals surface area contributed by atoms with Crippen LogP contribution < -0.4 is 10.6 Å². The van der Waals surface area contributed by atoms with E-state index in [9.17, 15) is 9.59 Å². The third-order valence-electron chi connectivity index (χ3n) is 6.10. The summed E-state index contributed by atoms with van der Waals surface area (Å²) in [7, 11) is 0. The minimum Gasteiger partial charge on any atom is -0.323 e. The number of hydrogen-bond acceptors (Lipinski definition) is 3. The molecule has 0 radical (unpaired) electrons. The SMILES string of the molecule is C=C(C)CN1C(=O)NC2(CC(C)(CC)NC(C)(CC)C2C)C1=O. The van der Waals surface area contributed by atoms with Crippen molar-refractivity contribution < 1.29 is 9.59 Å². The highest BCUT2D eigenvalue weighted by Crippen LogP contribution is 2.46. The Hall–Kier alpha value is -1.36. The molecule has 0 aliphatic carbocycles. The Labute approximate surface area is 139 Å². The smallest absolute Gasteiger partial charge is 0.323 e. The second-order valence-corrected chi connectivity index (χ2v) is 7.96. The number of nitrogens with one attached hydrogen (secondary N) is 2. The van der Waals surface area contributed by atoms with E-state index in [0.29, 0.717) is 6.42 Å². The molecule has 0 saturated carbocycles. The lowest BCUT2D eigenvalue weighted by molar-refractivity contribution is -0.138. The number of amides is 3. The molecular formula is C18H31N3O2. The van der Waals surface area contributed by atoms with Crippen LogP contribution in [0.25, 0.3) is 0 Å². The molecule has 2 heterocycles. The maximum Gasteiger partial charge on any atom is 0.325 e. The summed E-state index contributed by atoms with van der Waals surface area (Å²) < 4.78 is 0. The maximum absolute atomic E-state index is 13.2. The third-order valence-corrected chi connectivity index (χ3v) is 6.10. The van der Waals surface area contributed by atoms with E-state index in [1.54, 1.807) is 0 Å². The highest BCUT2D eigenvalue weighted by Gasteiger charge is 2.63. The lowest BCUT2D eigenvalue weighted by Crippen LogP contribution is -2.74. The van der Waals surface area contributed by atoms with Crippen molar-refractivity contribution in [2.24, 2.45) is 5.92 Å². The van der Waals surface area contributed by atoms with Crippen molar-refractivity contribution in [2.75, 3.05) is 6.54 Å². The van der Waals surface area contributed by atoms with E-state index in [0.717, 1.165) is 18.4 Å². The van der Waals surface area contributed by atoms with Gasteiger partial charge in [-0.3, -0.25) is 9.69 Å². The van der Waals surface area contributed by atoms with Crippen molar-refractivity contribution in [3.8, 4) is 0 Å². The van der Waals surface area contributed by atoms with Crippen LogP contribution in [0.3, 0.4) is 0 Å². The fourth-order valence-corrected chi connectivity index (χ4v) is 4.23. The molecule has 2 aliphatic rings. The van der Waals surface area contributed by atoms with Crippen LogP contribution >= 0.6 is 0 Å². The zero-order valence-corrected chi connectivity index (χ0v) is 15.4. The van der Waals surface area contributed by atoms with E-state index in [1.807, 2.05) is 6.92 Å². The second-order valence-electron chi connectivity index (χ2n) is 7.96. The number of imide groups is 1. The highest BCUT2D eigenvalue weighted by atomic mass is 16.2. The number of carbonyl (C=O) groups is 2. The molecule has 2 saturated heterocycles. The first-order valence-electron chi connectivity index (χ1n) is 8.61. The average molecular weight is 321 g/mol. The predicted octanol–water partition coefficient (Wildman–Crippen LogP) is 2.82. The molecule has 1 spiro atoms. The van der Waals surface area contributed by atoms with E-state index >= 15 is 0 Å². The molecule has 4 atom stereocenters. The average Bonchev–Trinajstić information content (AvgIpc) is 2.69. The standard InChI is InChI=1S/C18H31N3O2/c1-8-16(6)11-18(13(5)17(7,9-2)20-16)14(22)21(10-12(3)4)15(23)19-18/h13,20H,3,8-11H2,1-2,4-7H3,(H,19,23). The van der Waals surface area contributed by atoms with Crippen molar-refractivity contribution in [1.82, 2.24) is 15.5 Å². The Morgan fingerprint density at radius 1 is 1.30 bits per heavy atom. The quantitative estimate of drug-likeness (QED) is 0.618. The molecule has 2 rings (SSSR count). The third kappa shape index (κ3) is 2.69. The van der Waals surface area contributed by atoms with Crippen molar-refractivity contribution in [2.45, 2.75) is 77.4 Å². The summed E-state index contributed by atoms with van der Waals surface area (Å²) in [6, 6.07) is -0.288. The molecule has 23 heavy (non-hydrogen) atoms. The van der Waals surface area contributed by atoms with Crippen molar-refractivity contribution in [3.63, 3.8) is 0 Å². The van der Waals surface area contributed by atoms with Gasteiger partial charge >= 0.3 is 6.03 Å². The Balaban J connectivity index is 2.48. The molecule has 2 aliphatic heterocycles. The summed E-state index contributed by atoms with van der Waals surface area (Å²) >= 11 is 0. The summed E-state index contributed by atoms with van der Waals surface area (Å²) in [5, 5.41) is 6.82. The van der Waals surface area contributed by atoms with Crippen LogP contribution in [-0.2, 0) is 4.79 Å². The number of hydrogen-bond donors (Lipinski definition) is 2. The van der Waals surface area contributed by atoms with Gasteiger partial charge in [0.15, 0.2) is 0 Å². The summed E-state index contributed by atoms with van der Waals surface area (Å²) in [6.45, 7) is 16.6. The summed E-state index contributed by atoms with van der Waals surface area (Å²) in [5.74, 6) is -0.0925. The van der Waals surface area contributed by atoms with E-state index in [1.165, 1.54) is 4.90 Å². The van der Waals surface area contributed by atoms with E-state index in [2.05, 4.69) is 51.8 Å². The van der Waals surface area contributed by atoms with Gasteiger partial charge in [-0.05, 0) is 40.0 Å². The molecule has 0 aromatic rings. The topological polar surface area (TPSA) is 61.4 Å². The van der Waals surface area contributed by atoms with Gasteiger partial charge in [-0.25, -0.2) is 4.79 Å². The Kier molecular flexibility index (Phi) is 4.39. The Morgan fingerprint density at radius 2 is 1.91 bits per heavy atom. The molecule has 5 heteroatoms. The van der Waals surface area contributed by atoms with Gasteiger partial charge in [0.1, 0.15) is 5.54 Å². The molecular weight excluding hydrogens is 290 g/mol. The van der Waals surface area contributed by atoms with Gasteiger partial charge in [0.05, 0.1) is 6.54 Å². The number of rotatable bonds is 4. The summed E-state index contributed by atoms with van der Waals surface area (Å²) in [4.78, 5) is 27.0. The molecule has 0 bridgehead atoms.